The van der Waals surface area contributed by atoms with Gasteiger partial charge in [-0.05, 0) is 11.6 Å². The molecular formula is C10H13NO. The minimum Gasteiger partial charge on any atom is -0.396 e. The maximum atomic E-state index is 8.85. The molecule has 0 saturated heterocycles. The first-order chi connectivity index (χ1) is 5.77. The molecule has 0 aliphatic carbocycles. The highest BCUT2D eigenvalue weighted by molar-refractivity contribution is 5.45. The molecule has 1 aromatic rings. The molecule has 0 saturated carbocycles. The van der Waals surface area contributed by atoms with Crippen molar-refractivity contribution in [1.82, 2.24) is 4.98 Å². The number of pyridine rings is 1. The number of rotatable bonds is 3. The highest BCUT2D eigenvalue weighted by Crippen LogP contribution is 2.11. The van der Waals surface area contributed by atoms with Crippen molar-refractivity contribution >= 4 is 6.08 Å². The molecule has 1 unspecified atom stereocenters. The third kappa shape index (κ3) is 1.92. The molecule has 1 heterocycles. The summed E-state index contributed by atoms with van der Waals surface area (Å²) in [6, 6.07) is 3.86. The topological polar surface area (TPSA) is 33.1 Å². The van der Waals surface area contributed by atoms with Crippen LogP contribution in [0.15, 0.2) is 24.9 Å². The van der Waals surface area contributed by atoms with Crippen LogP contribution in [0.25, 0.3) is 6.08 Å². The lowest BCUT2D eigenvalue weighted by Gasteiger charge is -2.06. The Kier molecular flexibility index (Phi) is 3.00. The summed E-state index contributed by atoms with van der Waals surface area (Å²) in [6.45, 7) is 5.72. The summed E-state index contributed by atoms with van der Waals surface area (Å²) in [5.74, 6) is 0.115. The van der Waals surface area contributed by atoms with E-state index in [0.29, 0.717) is 0 Å². The molecule has 1 N–H and O–H groups in total. The van der Waals surface area contributed by atoms with Crippen LogP contribution in [-0.2, 0) is 0 Å². The first-order valence-electron chi connectivity index (χ1n) is 3.97. The second-order valence-corrected chi connectivity index (χ2v) is 2.80. The average molecular weight is 163 g/mol. The van der Waals surface area contributed by atoms with E-state index in [-0.39, 0.29) is 12.5 Å². The van der Waals surface area contributed by atoms with E-state index in [0.717, 1.165) is 11.3 Å². The Morgan fingerprint density at radius 3 is 2.83 bits per heavy atom. The van der Waals surface area contributed by atoms with E-state index < -0.39 is 0 Å². The highest BCUT2D eigenvalue weighted by Gasteiger charge is 2.03. The fourth-order valence-electron chi connectivity index (χ4n) is 0.923. The normalized spacial score (nSPS) is 12.5. The predicted molar refractivity (Wildman–Crippen MR) is 49.8 cm³/mol. The third-order valence-corrected chi connectivity index (χ3v) is 1.82. The van der Waals surface area contributed by atoms with Crippen LogP contribution in [0.4, 0.5) is 0 Å². The smallest absolute Gasteiger partial charge is 0.0512 e. The van der Waals surface area contributed by atoms with Crippen LogP contribution in [0, 0.1) is 0 Å². The number of nitrogens with zero attached hydrogens (tertiary/aromatic N) is 1. The molecule has 0 radical (unpaired) electrons. The van der Waals surface area contributed by atoms with Crippen LogP contribution < -0.4 is 0 Å². The lowest BCUT2D eigenvalue weighted by atomic mass is 10.1. The van der Waals surface area contributed by atoms with Crippen LogP contribution in [-0.4, -0.2) is 16.7 Å². The highest BCUT2D eigenvalue weighted by atomic mass is 16.3. The van der Waals surface area contributed by atoms with Gasteiger partial charge in [0.05, 0.1) is 6.61 Å². The van der Waals surface area contributed by atoms with E-state index >= 15 is 0 Å². The number of aliphatic hydroxyl groups is 1. The first-order valence-corrected chi connectivity index (χ1v) is 3.97. The van der Waals surface area contributed by atoms with Crippen molar-refractivity contribution in [1.29, 1.82) is 0 Å². The first kappa shape index (κ1) is 8.94. The van der Waals surface area contributed by atoms with Gasteiger partial charge in [0.25, 0.3) is 0 Å². The van der Waals surface area contributed by atoms with Crippen LogP contribution in [0.5, 0.6) is 0 Å². The molecule has 0 spiro atoms. The van der Waals surface area contributed by atoms with Gasteiger partial charge in [0, 0.05) is 17.8 Å². The van der Waals surface area contributed by atoms with Gasteiger partial charge in [-0.2, -0.15) is 0 Å². The number of hydrogen-bond donors (Lipinski definition) is 1. The number of hydrogen-bond acceptors (Lipinski definition) is 2. The minimum atomic E-state index is 0.115. The van der Waals surface area contributed by atoms with Crippen molar-refractivity contribution in [3.8, 4) is 0 Å². The molecule has 1 rings (SSSR count). The van der Waals surface area contributed by atoms with Crippen LogP contribution in [0.2, 0.25) is 0 Å². The molecule has 2 nitrogen and oxygen atoms in total. The number of aromatic nitrogens is 1. The van der Waals surface area contributed by atoms with E-state index in [4.69, 9.17) is 5.11 Å². The monoisotopic (exact) mass is 163 g/mol. The quantitative estimate of drug-likeness (QED) is 0.737. The van der Waals surface area contributed by atoms with E-state index in [1.165, 1.54) is 0 Å². The van der Waals surface area contributed by atoms with Crippen molar-refractivity contribution in [3.05, 3.63) is 36.2 Å². The van der Waals surface area contributed by atoms with Gasteiger partial charge >= 0.3 is 0 Å². The summed E-state index contributed by atoms with van der Waals surface area (Å²) in [6.07, 6.45) is 3.51. The molecule has 0 aliphatic rings. The lowest BCUT2D eigenvalue weighted by molar-refractivity contribution is 0.271. The molecule has 0 aromatic carbocycles. The van der Waals surface area contributed by atoms with Gasteiger partial charge in [-0.3, -0.25) is 4.98 Å². The predicted octanol–water partition coefficient (Wildman–Crippen LogP) is 1.82. The zero-order chi connectivity index (χ0) is 8.97. The largest absolute Gasteiger partial charge is 0.396 e. The maximum Gasteiger partial charge on any atom is 0.0512 e. The van der Waals surface area contributed by atoms with Crippen LogP contribution >= 0.6 is 0 Å². The van der Waals surface area contributed by atoms with E-state index in [1.54, 1.807) is 12.3 Å². The fraction of sp³-hybridized carbons (Fsp3) is 0.300. The van der Waals surface area contributed by atoms with Gasteiger partial charge in [0.15, 0.2) is 0 Å². The molecule has 0 bridgehead atoms. The Hall–Kier alpha value is -1.15. The molecule has 64 valence electrons. The molecule has 0 fully saturated rings. The van der Waals surface area contributed by atoms with Crippen molar-refractivity contribution in [2.24, 2.45) is 0 Å². The summed E-state index contributed by atoms with van der Waals surface area (Å²) >= 11 is 0. The second kappa shape index (κ2) is 4.02. The Labute approximate surface area is 72.6 Å². The van der Waals surface area contributed by atoms with Gasteiger partial charge < -0.3 is 5.11 Å². The third-order valence-electron chi connectivity index (χ3n) is 1.82. The Morgan fingerprint density at radius 1 is 1.67 bits per heavy atom. The van der Waals surface area contributed by atoms with E-state index in [9.17, 15) is 0 Å². The molecule has 1 aromatic heterocycles. The van der Waals surface area contributed by atoms with Crippen LogP contribution in [0.3, 0.4) is 0 Å². The molecule has 1 atom stereocenters. The van der Waals surface area contributed by atoms with Gasteiger partial charge in [-0.15, -0.1) is 0 Å². The molecule has 2 heteroatoms. The maximum absolute atomic E-state index is 8.85. The minimum absolute atomic E-state index is 0.115. The average Bonchev–Trinajstić information content (AvgIpc) is 2.17. The molecule has 12 heavy (non-hydrogen) atoms. The Bertz CT molecular complexity index is 253. The lowest BCUT2D eigenvalue weighted by Crippen LogP contribution is -2.01. The van der Waals surface area contributed by atoms with Gasteiger partial charge in [0.1, 0.15) is 0 Å². The van der Waals surface area contributed by atoms with Crippen LogP contribution in [0.1, 0.15) is 24.1 Å². The SMILES string of the molecule is C=Cc1ccc(C(C)CO)nc1. The summed E-state index contributed by atoms with van der Waals surface area (Å²) in [5.41, 5.74) is 1.92. The van der Waals surface area contributed by atoms with Crippen molar-refractivity contribution < 1.29 is 5.11 Å². The zero-order valence-electron chi connectivity index (χ0n) is 7.20. The van der Waals surface area contributed by atoms with E-state index in [2.05, 4.69) is 11.6 Å². The molecule has 0 aliphatic heterocycles. The summed E-state index contributed by atoms with van der Waals surface area (Å²) in [5, 5.41) is 8.85. The molecular weight excluding hydrogens is 150 g/mol. The summed E-state index contributed by atoms with van der Waals surface area (Å²) < 4.78 is 0. The fourth-order valence-corrected chi connectivity index (χ4v) is 0.923. The Morgan fingerprint density at radius 2 is 2.42 bits per heavy atom. The zero-order valence-corrected chi connectivity index (χ0v) is 7.20. The Balaban J connectivity index is 2.84. The van der Waals surface area contributed by atoms with Gasteiger partial charge in [0.2, 0.25) is 0 Å². The summed E-state index contributed by atoms with van der Waals surface area (Å²) in [7, 11) is 0. The van der Waals surface area contributed by atoms with Gasteiger partial charge in [-0.25, -0.2) is 0 Å². The second-order valence-electron chi connectivity index (χ2n) is 2.80. The van der Waals surface area contributed by atoms with Gasteiger partial charge in [-0.1, -0.05) is 25.6 Å². The standard InChI is InChI=1S/C10H13NO/c1-3-9-4-5-10(11-6-9)8(2)7-12/h3-6,8,12H,1,7H2,2H3. The van der Waals surface area contributed by atoms with E-state index in [1.807, 2.05) is 19.1 Å². The van der Waals surface area contributed by atoms with Crippen molar-refractivity contribution in [2.45, 2.75) is 12.8 Å². The van der Waals surface area contributed by atoms with Crippen molar-refractivity contribution in [2.75, 3.05) is 6.61 Å². The summed E-state index contributed by atoms with van der Waals surface area (Å²) in [4.78, 5) is 4.19. The number of aliphatic hydroxyl groups excluding tert-OH is 1. The molecule has 0 amide bonds. The van der Waals surface area contributed by atoms with Crippen molar-refractivity contribution in [3.63, 3.8) is 0 Å².